The highest BCUT2D eigenvalue weighted by atomic mass is 32.1. The van der Waals surface area contributed by atoms with Crippen LogP contribution >= 0.6 is 11.5 Å². The highest BCUT2D eigenvalue weighted by Gasteiger charge is 2.37. The first-order chi connectivity index (χ1) is 14.3. The highest BCUT2D eigenvalue weighted by Crippen LogP contribution is 2.27. The quantitative estimate of drug-likeness (QED) is 0.584. The summed E-state index contributed by atoms with van der Waals surface area (Å²) in [6.45, 7) is 5.58. The van der Waals surface area contributed by atoms with Gasteiger partial charge >= 0.3 is 0 Å². The minimum absolute atomic E-state index is 0.0791. The van der Waals surface area contributed by atoms with Crippen LogP contribution in [0.25, 0.3) is 0 Å². The molecule has 2 amide bonds. The SMILES string of the molecule is CCC(C)(C)NC(=O)[C@@H](c1ccco1)N(Cc1ccccc1F)C(=O)c1csnn1. The van der Waals surface area contributed by atoms with Gasteiger partial charge in [0.25, 0.3) is 11.8 Å². The molecule has 9 heteroatoms. The van der Waals surface area contributed by atoms with Crippen LogP contribution in [0.15, 0.2) is 52.5 Å². The van der Waals surface area contributed by atoms with E-state index in [1.54, 1.807) is 30.3 Å². The van der Waals surface area contributed by atoms with Crippen molar-refractivity contribution in [3.05, 3.63) is 70.9 Å². The summed E-state index contributed by atoms with van der Waals surface area (Å²) in [6.07, 6.45) is 2.11. The van der Waals surface area contributed by atoms with E-state index in [1.165, 1.54) is 22.6 Å². The maximum Gasteiger partial charge on any atom is 0.276 e. The number of amides is 2. The first kappa shape index (κ1) is 21.6. The van der Waals surface area contributed by atoms with Crippen molar-refractivity contribution in [1.82, 2.24) is 19.8 Å². The Labute approximate surface area is 178 Å². The molecule has 7 nitrogen and oxygen atoms in total. The van der Waals surface area contributed by atoms with E-state index in [0.29, 0.717) is 6.42 Å². The van der Waals surface area contributed by atoms with Crippen LogP contribution in [0.2, 0.25) is 0 Å². The molecule has 2 heterocycles. The number of nitrogens with zero attached hydrogens (tertiary/aromatic N) is 3. The number of hydrogen-bond donors (Lipinski definition) is 1. The maximum atomic E-state index is 14.4. The van der Waals surface area contributed by atoms with E-state index in [4.69, 9.17) is 4.42 Å². The molecule has 30 heavy (non-hydrogen) atoms. The van der Waals surface area contributed by atoms with Gasteiger partial charge in [0.2, 0.25) is 0 Å². The molecule has 2 aromatic heterocycles. The highest BCUT2D eigenvalue weighted by molar-refractivity contribution is 7.03. The average Bonchev–Trinajstić information content (AvgIpc) is 3.42. The lowest BCUT2D eigenvalue weighted by atomic mass is 10.0. The summed E-state index contributed by atoms with van der Waals surface area (Å²) in [5.74, 6) is -1.17. The van der Waals surface area contributed by atoms with Crippen molar-refractivity contribution < 1.29 is 18.4 Å². The number of hydrogen-bond acceptors (Lipinski definition) is 6. The van der Waals surface area contributed by atoms with Crippen LogP contribution in [0.4, 0.5) is 4.39 Å². The molecule has 0 fully saturated rings. The van der Waals surface area contributed by atoms with E-state index in [-0.39, 0.29) is 23.6 Å². The lowest BCUT2D eigenvalue weighted by molar-refractivity contribution is -0.128. The van der Waals surface area contributed by atoms with Gasteiger partial charge in [-0.2, -0.15) is 0 Å². The van der Waals surface area contributed by atoms with Crippen molar-refractivity contribution in [3.8, 4) is 0 Å². The van der Waals surface area contributed by atoms with E-state index < -0.39 is 29.2 Å². The van der Waals surface area contributed by atoms with Gasteiger partial charge in [0.1, 0.15) is 11.6 Å². The number of benzene rings is 1. The Kier molecular flexibility index (Phi) is 6.61. The minimum atomic E-state index is -1.11. The van der Waals surface area contributed by atoms with Gasteiger partial charge in [-0.15, -0.1) is 5.10 Å². The lowest BCUT2D eigenvalue weighted by Crippen LogP contribution is -2.50. The molecule has 0 radical (unpaired) electrons. The summed E-state index contributed by atoms with van der Waals surface area (Å²) in [6, 6.07) is 8.26. The van der Waals surface area contributed by atoms with Crippen LogP contribution < -0.4 is 5.32 Å². The molecule has 0 bridgehead atoms. The average molecular weight is 431 g/mol. The Morgan fingerprint density at radius 2 is 2.03 bits per heavy atom. The van der Waals surface area contributed by atoms with E-state index >= 15 is 0 Å². The maximum absolute atomic E-state index is 14.4. The van der Waals surface area contributed by atoms with Gasteiger partial charge in [-0.05, 0) is 50.0 Å². The first-order valence-electron chi connectivity index (χ1n) is 9.49. The van der Waals surface area contributed by atoms with Crippen molar-refractivity contribution in [2.24, 2.45) is 0 Å². The van der Waals surface area contributed by atoms with E-state index in [0.717, 1.165) is 11.5 Å². The van der Waals surface area contributed by atoms with Gasteiger partial charge < -0.3 is 14.6 Å². The molecule has 0 saturated carbocycles. The Balaban J connectivity index is 2.05. The first-order valence-corrected chi connectivity index (χ1v) is 10.3. The largest absolute Gasteiger partial charge is 0.467 e. The van der Waals surface area contributed by atoms with Crippen LogP contribution in [0.5, 0.6) is 0 Å². The molecule has 0 spiro atoms. The number of aromatic nitrogens is 2. The van der Waals surface area contributed by atoms with E-state index in [9.17, 15) is 14.0 Å². The molecule has 0 aliphatic carbocycles. The second kappa shape index (κ2) is 9.17. The van der Waals surface area contributed by atoms with E-state index in [1.807, 2.05) is 20.8 Å². The monoisotopic (exact) mass is 430 g/mol. The van der Waals surface area contributed by atoms with Crippen molar-refractivity contribution >= 4 is 23.3 Å². The number of carbonyl (C=O) groups is 2. The van der Waals surface area contributed by atoms with Crippen LogP contribution in [0.3, 0.4) is 0 Å². The second-order valence-electron chi connectivity index (χ2n) is 7.46. The molecule has 3 rings (SSSR count). The van der Waals surface area contributed by atoms with Crippen LogP contribution in [0.1, 0.15) is 55.0 Å². The summed E-state index contributed by atoms with van der Waals surface area (Å²) in [5.41, 5.74) is -0.153. The molecular formula is C21H23FN4O3S. The van der Waals surface area contributed by atoms with Gasteiger partial charge in [0.15, 0.2) is 11.7 Å². The summed E-state index contributed by atoms with van der Waals surface area (Å²) < 4.78 is 23.6. The summed E-state index contributed by atoms with van der Waals surface area (Å²) in [5, 5.41) is 8.28. The molecule has 0 aliphatic rings. The third-order valence-electron chi connectivity index (χ3n) is 4.86. The Bertz CT molecular complexity index is 990. The third-order valence-corrected chi connectivity index (χ3v) is 5.36. The fourth-order valence-corrected chi connectivity index (χ4v) is 3.29. The predicted molar refractivity (Wildman–Crippen MR) is 110 cm³/mol. The molecule has 0 saturated heterocycles. The van der Waals surface area contributed by atoms with Gasteiger partial charge in [-0.25, -0.2) is 4.39 Å². The zero-order valence-corrected chi connectivity index (χ0v) is 17.8. The fourth-order valence-electron chi connectivity index (χ4n) is 2.86. The minimum Gasteiger partial charge on any atom is -0.467 e. The van der Waals surface area contributed by atoms with Gasteiger partial charge in [0, 0.05) is 16.5 Å². The third kappa shape index (κ3) is 4.91. The fraction of sp³-hybridized carbons (Fsp3) is 0.333. The van der Waals surface area contributed by atoms with Crippen LogP contribution in [-0.2, 0) is 11.3 Å². The lowest BCUT2D eigenvalue weighted by Gasteiger charge is -2.33. The summed E-state index contributed by atoms with van der Waals surface area (Å²) >= 11 is 1.02. The molecule has 1 N–H and O–H groups in total. The molecule has 3 aromatic rings. The normalized spacial score (nSPS) is 12.4. The molecule has 158 valence electrons. The Morgan fingerprint density at radius 1 is 1.27 bits per heavy atom. The van der Waals surface area contributed by atoms with Crippen LogP contribution in [0, 0.1) is 5.82 Å². The molecule has 0 unspecified atom stereocenters. The van der Waals surface area contributed by atoms with Gasteiger partial charge in [-0.3, -0.25) is 9.59 Å². The molecule has 0 aliphatic heterocycles. The van der Waals surface area contributed by atoms with Crippen molar-refractivity contribution in [2.45, 2.75) is 45.3 Å². The number of rotatable bonds is 8. The number of furan rings is 1. The standard InChI is InChI=1S/C21H23FN4O3S/c1-4-21(2,3)23-19(27)18(17-10-7-11-29-17)26(20(28)16-13-30-25-24-16)12-14-8-5-6-9-15(14)22/h5-11,13,18H,4,12H2,1-3H3,(H,23,27)/t18-/m1/s1. The molecule has 1 atom stereocenters. The second-order valence-corrected chi connectivity index (χ2v) is 8.07. The van der Waals surface area contributed by atoms with Crippen molar-refractivity contribution in [1.29, 1.82) is 0 Å². The zero-order chi connectivity index (χ0) is 21.7. The Morgan fingerprint density at radius 3 is 2.63 bits per heavy atom. The van der Waals surface area contributed by atoms with Crippen LogP contribution in [-0.4, -0.2) is 31.8 Å². The number of carbonyl (C=O) groups excluding carboxylic acids is 2. The smallest absolute Gasteiger partial charge is 0.276 e. The predicted octanol–water partition coefficient (Wildman–Crippen LogP) is 3.96. The molecule has 1 aromatic carbocycles. The van der Waals surface area contributed by atoms with Gasteiger partial charge in [0.05, 0.1) is 12.8 Å². The van der Waals surface area contributed by atoms with Gasteiger partial charge in [-0.1, -0.05) is 29.6 Å². The Hall–Kier alpha value is -3.07. The zero-order valence-electron chi connectivity index (χ0n) is 17.0. The summed E-state index contributed by atoms with van der Waals surface area (Å²) in [7, 11) is 0. The molecular weight excluding hydrogens is 407 g/mol. The van der Waals surface area contributed by atoms with Crippen molar-refractivity contribution in [2.75, 3.05) is 0 Å². The van der Waals surface area contributed by atoms with E-state index in [2.05, 4.69) is 14.9 Å². The number of nitrogens with one attached hydrogen (secondary N) is 1. The summed E-state index contributed by atoms with van der Waals surface area (Å²) in [4.78, 5) is 27.9. The van der Waals surface area contributed by atoms with Crippen molar-refractivity contribution in [3.63, 3.8) is 0 Å². The topological polar surface area (TPSA) is 88.3 Å². The number of halogens is 1.